The third kappa shape index (κ3) is 3.15. The van der Waals surface area contributed by atoms with Crippen molar-refractivity contribution in [3.05, 3.63) is 36.0 Å². The summed E-state index contributed by atoms with van der Waals surface area (Å²) in [5.74, 6) is 0. The van der Waals surface area contributed by atoms with Gasteiger partial charge < -0.3 is 5.73 Å². The van der Waals surface area contributed by atoms with Gasteiger partial charge >= 0.3 is 0 Å². The van der Waals surface area contributed by atoms with Gasteiger partial charge in [0.15, 0.2) is 0 Å². The van der Waals surface area contributed by atoms with Gasteiger partial charge in [-0.05, 0) is 31.0 Å². The fourth-order valence-corrected chi connectivity index (χ4v) is 3.17. The van der Waals surface area contributed by atoms with E-state index in [1.54, 1.807) is 18.3 Å². The summed E-state index contributed by atoms with van der Waals surface area (Å²) in [6.07, 6.45) is 2.38. The predicted octanol–water partition coefficient (Wildman–Crippen LogP) is 1.56. The number of aryl methyl sites for hydroxylation is 1. The number of hydrogen-bond donors (Lipinski definition) is 2. The van der Waals surface area contributed by atoms with Gasteiger partial charge in [0, 0.05) is 24.2 Å². The van der Waals surface area contributed by atoms with E-state index in [9.17, 15) is 8.42 Å². The highest BCUT2D eigenvalue weighted by Crippen LogP contribution is 2.21. The molecule has 0 aliphatic heterocycles. The predicted molar refractivity (Wildman–Crippen MR) is 79.9 cm³/mol. The van der Waals surface area contributed by atoms with Gasteiger partial charge in [-0.1, -0.05) is 19.1 Å². The van der Waals surface area contributed by atoms with Crippen LogP contribution in [0.3, 0.4) is 0 Å². The molecule has 0 aliphatic rings. The Morgan fingerprint density at radius 2 is 2.15 bits per heavy atom. The third-order valence-electron chi connectivity index (χ3n) is 3.16. The molecule has 0 amide bonds. The zero-order valence-corrected chi connectivity index (χ0v) is 12.4. The summed E-state index contributed by atoms with van der Waals surface area (Å²) in [5, 5.41) is 0.813. The van der Waals surface area contributed by atoms with Crippen molar-refractivity contribution in [2.75, 3.05) is 6.54 Å². The molecule has 108 valence electrons. The summed E-state index contributed by atoms with van der Waals surface area (Å²) in [4.78, 5) is 4.44. The fourth-order valence-electron chi connectivity index (χ4n) is 1.90. The number of fused-ring (bicyclic) bond motifs is 1. The lowest BCUT2D eigenvalue weighted by atomic mass is 10.2. The molecule has 5 nitrogen and oxygen atoms in total. The van der Waals surface area contributed by atoms with E-state index >= 15 is 0 Å². The molecular formula is C14H19N3O2S. The molecule has 20 heavy (non-hydrogen) atoms. The Balaban J connectivity index is 2.41. The summed E-state index contributed by atoms with van der Waals surface area (Å²) in [7, 11) is -3.60. The van der Waals surface area contributed by atoms with E-state index in [2.05, 4.69) is 9.71 Å². The Hall–Kier alpha value is -1.50. The molecule has 2 rings (SSSR count). The number of nitrogens with two attached hydrogens (primary N) is 1. The van der Waals surface area contributed by atoms with Gasteiger partial charge in [-0.2, -0.15) is 0 Å². The van der Waals surface area contributed by atoms with Crippen molar-refractivity contribution in [2.45, 2.75) is 31.2 Å². The number of para-hydroxylation sites is 1. The lowest BCUT2D eigenvalue weighted by Gasteiger charge is -2.12. The van der Waals surface area contributed by atoms with Crippen LogP contribution in [0.2, 0.25) is 0 Å². The zero-order valence-electron chi connectivity index (χ0n) is 11.6. The molecule has 0 saturated carbocycles. The molecular weight excluding hydrogens is 274 g/mol. The van der Waals surface area contributed by atoms with Gasteiger partial charge in [-0.15, -0.1) is 0 Å². The van der Waals surface area contributed by atoms with Crippen LogP contribution in [0.5, 0.6) is 0 Å². The maximum atomic E-state index is 12.3. The van der Waals surface area contributed by atoms with Crippen LogP contribution in [0.25, 0.3) is 10.9 Å². The molecule has 0 spiro atoms. The average molecular weight is 293 g/mol. The Kier molecular flexibility index (Phi) is 4.37. The molecule has 1 aromatic heterocycles. The number of aromatic nitrogens is 1. The second kappa shape index (κ2) is 5.87. The van der Waals surface area contributed by atoms with Crippen molar-refractivity contribution >= 4 is 20.9 Å². The quantitative estimate of drug-likeness (QED) is 0.876. The number of hydrogen-bond acceptors (Lipinski definition) is 4. The normalized spacial score (nSPS) is 13.6. The molecule has 0 aliphatic carbocycles. The van der Waals surface area contributed by atoms with Crippen LogP contribution in [0.15, 0.2) is 35.4 Å². The number of nitrogens with zero attached hydrogens (tertiary/aromatic N) is 1. The Morgan fingerprint density at radius 3 is 2.85 bits per heavy atom. The standard InChI is InChI=1S/C14H19N3O2S/c1-3-12(15)9-17-20(18,19)13-6-4-5-11-7-10(2)8-16-14(11)13/h4-8,12,17H,3,9,15H2,1-2H3. The van der Waals surface area contributed by atoms with Gasteiger partial charge in [0.05, 0.1) is 5.52 Å². The van der Waals surface area contributed by atoms with Crippen LogP contribution in [0, 0.1) is 6.92 Å². The molecule has 0 fully saturated rings. The van der Waals surface area contributed by atoms with Gasteiger partial charge in [0.25, 0.3) is 0 Å². The Morgan fingerprint density at radius 1 is 1.40 bits per heavy atom. The van der Waals surface area contributed by atoms with Gasteiger partial charge in [0.1, 0.15) is 4.90 Å². The molecule has 2 aromatic rings. The van der Waals surface area contributed by atoms with Crippen molar-refractivity contribution < 1.29 is 8.42 Å². The molecule has 3 N–H and O–H groups in total. The van der Waals surface area contributed by atoms with E-state index in [0.29, 0.717) is 5.52 Å². The van der Waals surface area contributed by atoms with Gasteiger partial charge in [-0.3, -0.25) is 4.98 Å². The molecule has 0 radical (unpaired) electrons. The highest BCUT2D eigenvalue weighted by atomic mass is 32.2. The van der Waals surface area contributed by atoms with Crippen molar-refractivity contribution in [3.63, 3.8) is 0 Å². The highest BCUT2D eigenvalue weighted by molar-refractivity contribution is 7.89. The van der Waals surface area contributed by atoms with Gasteiger partial charge in [-0.25, -0.2) is 13.1 Å². The van der Waals surface area contributed by atoms with Crippen LogP contribution in [-0.2, 0) is 10.0 Å². The molecule has 1 heterocycles. The maximum Gasteiger partial charge on any atom is 0.242 e. The first-order chi connectivity index (χ1) is 9.44. The number of benzene rings is 1. The van der Waals surface area contributed by atoms with Crippen molar-refractivity contribution in [3.8, 4) is 0 Å². The third-order valence-corrected chi connectivity index (χ3v) is 4.62. The molecule has 1 atom stereocenters. The van der Waals surface area contributed by atoms with E-state index in [-0.39, 0.29) is 17.5 Å². The molecule has 1 aromatic carbocycles. The summed E-state index contributed by atoms with van der Waals surface area (Å²) in [6, 6.07) is 6.86. The molecule has 0 bridgehead atoms. The molecule has 6 heteroatoms. The first-order valence-corrected chi connectivity index (χ1v) is 8.03. The molecule has 1 unspecified atom stereocenters. The number of pyridine rings is 1. The van der Waals surface area contributed by atoms with Crippen molar-refractivity contribution in [1.29, 1.82) is 0 Å². The van der Waals surface area contributed by atoms with E-state index in [4.69, 9.17) is 5.73 Å². The zero-order chi connectivity index (χ0) is 14.8. The Bertz CT molecular complexity index is 713. The van der Waals surface area contributed by atoms with E-state index in [1.807, 2.05) is 26.0 Å². The van der Waals surface area contributed by atoms with E-state index in [1.165, 1.54) is 0 Å². The van der Waals surface area contributed by atoms with Crippen molar-refractivity contribution in [1.82, 2.24) is 9.71 Å². The first-order valence-electron chi connectivity index (χ1n) is 6.54. The van der Waals surface area contributed by atoms with Crippen LogP contribution in [0.1, 0.15) is 18.9 Å². The van der Waals surface area contributed by atoms with Crippen LogP contribution < -0.4 is 10.5 Å². The fraction of sp³-hybridized carbons (Fsp3) is 0.357. The van der Waals surface area contributed by atoms with Crippen LogP contribution in [-0.4, -0.2) is 26.0 Å². The Labute approximate surface area is 119 Å². The second-order valence-electron chi connectivity index (χ2n) is 4.86. The summed E-state index contributed by atoms with van der Waals surface area (Å²) in [6.45, 7) is 4.06. The lowest BCUT2D eigenvalue weighted by molar-refractivity contribution is 0.564. The highest BCUT2D eigenvalue weighted by Gasteiger charge is 2.18. The lowest BCUT2D eigenvalue weighted by Crippen LogP contribution is -2.36. The molecule has 0 saturated heterocycles. The number of sulfonamides is 1. The summed E-state index contributed by atoms with van der Waals surface area (Å²) < 4.78 is 27.2. The first kappa shape index (κ1) is 14.9. The topological polar surface area (TPSA) is 85.1 Å². The smallest absolute Gasteiger partial charge is 0.242 e. The van der Waals surface area contributed by atoms with Crippen LogP contribution >= 0.6 is 0 Å². The minimum Gasteiger partial charge on any atom is -0.327 e. The van der Waals surface area contributed by atoms with E-state index < -0.39 is 10.0 Å². The summed E-state index contributed by atoms with van der Waals surface area (Å²) in [5.41, 5.74) is 7.22. The van der Waals surface area contributed by atoms with E-state index in [0.717, 1.165) is 17.4 Å². The number of rotatable bonds is 5. The van der Waals surface area contributed by atoms with Gasteiger partial charge in [0.2, 0.25) is 10.0 Å². The number of nitrogens with one attached hydrogen (secondary N) is 1. The van der Waals surface area contributed by atoms with Crippen molar-refractivity contribution in [2.24, 2.45) is 5.73 Å². The second-order valence-corrected chi connectivity index (χ2v) is 6.60. The monoisotopic (exact) mass is 293 g/mol. The largest absolute Gasteiger partial charge is 0.327 e. The van der Waals surface area contributed by atoms with Crippen LogP contribution in [0.4, 0.5) is 0 Å². The summed E-state index contributed by atoms with van der Waals surface area (Å²) >= 11 is 0. The SMILES string of the molecule is CCC(N)CNS(=O)(=O)c1cccc2cc(C)cnc12. The maximum absolute atomic E-state index is 12.3. The average Bonchev–Trinajstić information content (AvgIpc) is 2.43. The minimum absolute atomic E-state index is 0.185. The minimum atomic E-state index is -3.60.